The van der Waals surface area contributed by atoms with Gasteiger partial charge in [0.05, 0.1) is 19.1 Å². The Morgan fingerprint density at radius 1 is 1.56 bits per heavy atom. The maximum atomic E-state index is 13.9. The SMILES string of the molecule is CC(C)N(C)CC(=O)N1C[C@H](Oc2ncccc2F)[C@H]2OCCC[C@H]21. The molecule has 0 N–H and O–H groups in total. The van der Waals surface area contributed by atoms with Gasteiger partial charge in [-0.2, -0.15) is 0 Å². The number of aromatic nitrogens is 1. The van der Waals surface area contributed by atoms with E-state index in [2.05, 4.69) is 18.8 Å². The molecule has 6 nitrogen and oxygen atoms in total. The van der Waals surface area contributed by atoms with Crippen molar-refractivity contribution in [2.24, 2.45) is 0 Å². The standard InChI is InChI=1S/C18H26FN3O3/c1-12(2)21(3)11-16(23)22-10-15(17-14(22)7-5-9-24-17)25-18-13(19)6-4-8-20-18/h4,6,8,12,14-15,17H,5,7,9-11H2,1-3H3/t14-,15+,17+/m1/s1. The largest absolute Gasteiger partial charge is 0.468 e. The zero-order valence-corrected chi connectivity index (χ0v) is 15.0. The first-order chi connectivity index (χ1) is 12.0. The molecule has 0 bridgehead atoms. The van der Waals surface area contributed by atoms with E-state index >= 15 is 0 Å². The highest BCUT2D eigenvalue weighted by molar-refractivity contribution is 5.79. The van der Waals surface area contributed by atoms with E-state index in [0.717, 1.165) is 12.8 Å². The van der Waals surface area contributed by atoms with Crippen LogP contribution in [-0.2, 0) is 9.53 Å². The Hall–Kier alpha value is -1.73. The molecule has 2 saturated heterocycles. The van der Waals surface area contributed by atoms with Gasteiger partial charge in [-0.05, 0) is 45.9 Å². The van der Waals surface area contributed by atoms with Gasteiger partial charge < -0.3 is 14.4 Å². The first-order valence-corrected chi connectivity index (χ1v) is 8.86. The van der Waals surface area contributed by atoms with E-state index in [-0.39, 0.29) is 23.9 Å². The average molecular weight is 351 g/mol. The molecule has 3 heterocycles. The van der Waals surface area contributed by atoms with Crippen LogP contribution >= 0.6 is 0 Å². The number of fused-ring (bicyclic) bond motifs is 1. The number of amides is 1. The van der Waals surface area contributed by atoms with Crippen LogP contribution in [0.1, 0.15) is 26.7 Å². The summed E-state index contributed by atoms with van der Waals surface area (Å²) in [5.41, 5.74) is 0. The van der Waals surface area contributed by atoms with Gasteiger partial charge in [0.1, 0.15) is 12.2 Å². The molecule has 1 aromatic heterocycles. The number of halogens is 1. The van der Waals surface area contributed by atoms with Crippen molar-refractivity contribution < 1.29 is 18.7 Å². The lowest BCUT2D eigenvalue weighted by atomic mass is 10.0. The van der Waals surface area contributed by atoms with Gasteiger partial charge in [-0.3, -0.25) is 9.69 Å². The summed E-state index contributed by atoms with van der Waals surface area (Å²) < 4.78 is 25.5. The molecule has 0 unspecified atom stereocenters. The molecule has 0 aromatic carbocycles. The van der Waals surface area contributed by atoms with E-state index in [4.69, 9.17) is 9.47 Å². The fourth-order valence-electron chi connectivity index (χ4n) is 3.39. The normalized spacial score (nSPS) is 26.2. The molecule has 2 aliphatic heterocycles. The molecular formula is C18H26FN3O3. The van der Waals surface area contributed by atoms with Gasteiger partial charge in [0.25, 0.3) is 5.88 Å². The lowest BCUT2D eigenvalue weighted by Crippen LogP contribution is -2.47. The van der Waals surface area contributed by atoms with Crippen molar-refractivity contribution in [1.29, 1.82) is 0 Å². The molecule has 0 spiro atoms. The number of likely N-dealkylation sites (N-methyl/N-ethyl adjacent to an activating group) is 1. The third-order valence-corrected chi connectivity index (χ3v) is 5.05. The summed E-state index contributed by atoms with van der Waals surface area (Å²) in [5, 5.41) is 0. The maximum absolute atomic E-state index is 13.9. The van der Waals surface area contributed by atoms with Crippen LogP contribution in [0.15, 0.2) is 18.3 Å². The Morgan fingerprint density at radius 2 is 2.36 bits per heavy atom. The number of hydrogen-bond donors (Lipinski definition) is 0. The van der Waals surface area contributed by atoms with Crippen molar-refractivity contribution >= 4 is 5.91 Å². The number of carbonyl (C=O) groups is 1. The third kappa shape index (κ3) is 3.93. The van der Waals surface area contributed by atoms with Crippen molar-refractivity contribution in [2.75, 3.05) is 26.7 Å². The Morgan fingerprint density at radius 3 is 3.08 bits per heavy atom. The summed E-state index contributed by atoms with van der Waals surface area (Å²) in [4.78, 5) is 20.6. The fourth-order valence-corrected chi connectivity index (χ4v) is 3.39. The fraction of sp³-hybridized carbons (Fsp3) is 0.667. The molecular weight excluding hydrogens is 325 g/mol. The smallest absolute Gasteiger partial charge is 0.250 e. The Labute approximate surface area is 147 Å². The summed E-state index contributed by atoms with van der Waals surface area (Å²) in [7, 11) is 1.94. The minimum Gasteiger partial charge on any atom is -0.468 e. The molecule has 2 fully saturated rings. The van der Waals surface area contributed by atoms with Crippen molar-refractivity contribution in [3.63, 3.8) is 0 Å². The summed E-state index contributed by atoms with van der Waals surface area (Å²) in [5.74, 6) is -0.475. The van der Waals surface area contributed by atoms with Crippen LogP contribution in [0.25, 0.3) is 0 Å². The topological polar surface area (TPSA) is 54.9 Å². The lowest BCUT2D eigenvalue weighted by molar-refractivity contribution is -0.136. The Kier molecular flexibility index (Phi) is 5.54. The second kappa shape index (κ2) is 7.66. The van der Waals surface area contributed by atoms with E-state index in [0.29, 0.717) is 25.7 Å². The number of ether oxygens (including phenoxy) is 2. The van der Waals surface area contributed by atoms with Crippen LogP contribution in [0.4, 0.5) is 4.39 Å². The summed E-state index contributed by atoms with van der Waals surface area (Å²) in [6.07, 6.45) is 2.65. The summed E-state index contributed by atoms with van der Waals surface area (Å²) in [6.45, 7) is 5.50. The van der Waals surface area contributed by atoms with Gasteiger partial charge in [0, 0.05) is 18.8 Å². The molecule has 1 aromatic rings. The van der Waals surface area contributed by atoms with E-state index in [1.54, 1.807) is 0 Å². The third-order valence-electron chi connectivity index (χ3n) is 5.05. The van der Waals surface area contributed by atoms with E-state index < -0.39 is 11.9 Å². The Bertz CT molecular complexity index is 613. The van der Waals surface area contributed by atoms with Gasteiger partial charge in [0.2, 0.25) is 5.91 Å². The molecule has 1 amide bonds. The number of nitrogens with zero attached hydrogens (tertiary/aromatic N) is 3. The van der Waals surface area contributed by atoms with Crippen LogP contribution < -0.4 is 4.74 Å². The van der Waals surface area contributed by atoms with Crippen LogP contribution in [0.2, 0.25) is 0 Å². The minimum absolute atomic E-state index is 0.0152. The monoisotopic (exact) mass is 351 g/mol. The predicted octanol–water partition coefficient (Wildman–Crippen LogP) is 1.70. The summed E-state index contributed by atoms with van der Waals surface area (Å²) in [6, 6.07) is 3.11. The molecule has 138 valence electrons. The molecule has 3 atom stereocenters. The minimum atomic E-state index is -0.501. The maximum Gasteiger partial charge on any atom is 0.250 e. The number of hydrogen-bond acceptors (Lipinski definition) is 5. The quantitative estimate of drug-likeness (QED) is 0.808. The average Bonchev–Trinajstić information content (AvgIpc) is 2.96. The molecule has 0 radical (unpaired) electrons. The summed E-state index contributed by atoms with van der Waals surface area (Å²) >= 11 is 0. The van der Waals surface area contributed by atoms with Crippen molar-refractivity contribution in [1.82, 2.24) is 14.8 Å². The molecule has 25 heavy (non-hydrogen) atoms. The van der Waals surface area contributed by atoms with Crippen LogP contribution in [0.5, 0.6) is 5.88 Å². The second-order valence-electron chi connectivity index (χ2n) is 7.05. The molecule has 0 aliphatic carbocycles. The van der Waals surface area contributed by atoms with E-state index in [1.807, 2.05) is 16.8 Å². The van der Waals surface area contributed by atoms with Crippen molar-refractivity contribution in [2.45, 2.75) is 51.0 Å². The van der Waals surface area contributed by atoms with Gasteiger partial charge >= 0.3 is 0 Å². The number of carbonyl (C=O) groups excluding carboxylic acids is 1. The lowest BCUT2D eigenvalue weighted by Gasteiger charge is -2.33. The molecule has 7 heteroatoms. The van der Waals surface area contributed by atoms with Crippen LogP contribution in [-0.4, -0.2) is 71.7 Å². The highest BCUT2D eigenvalue weighted by atomic mass is 19.1. The van der Waals surface area contributed by atoms with E-state index in [1.165, 1.54) is 18.3 Å². The highest BCUT2D eigenvalue weighted by Crippen LogP contribution is 2.31. The second-order valence-corrected chi connectivity index (χ2v) is 7.05. The Balaban J connectivity index is 1.73. The molecule has 3 rings (SSSR count). The first kappa shape index (κ1) is 18.1. The van der Waals surface area contributed by atoms with Crippen LogP contribution in [0, 0.1) is 5.82 Å². The van der Waals surface area contributed by atoms with Gasteiger partial charge in [0.15, 0.2) is 5.82 Å². The van der Waals surface area contributed by atoms with Gasteiger partial charge in [-0.1, -0.05) is 0 Å². The zero-order valence-electron chi connectivity index (χ0n) is 15.0. The number of rotatable bonds is 5. The van der Waals surface area contributed by atoms with Crippen molar-refractivity contribution in [3.8, 4) is 5.88 Å². The predicted molar refractivity (Wildman–Crippen MR) is 90.9 cm³/mol. The van der Waals surface area contributed by atoms with E-state index in [9.17, 15) is 9.18 Å². The van der Waals surface area contributed by atoms with Crippen molar-refractivity contribution in [3.05, 3.63) is 24.1 Å². The molecule has 0 saturated carbocycles. The highest BCUT2D eigenvalue weighted by Gasteiger charge is 2.47. The van der Waals surface area contributed by atoms with Gasteiger partial charge in [-0.25, -0.2) is 9.37 Å². The first-order valence-electron chi connectivity index (χ1n) is 8.86. The zero-order chi connectivity index (χ0) is 18.0. The van der Waals surface area contributed by atoms with Gasteiger partial charge in [-0.15, -0.1) is 0 Å². The molecule has 2 aliphatic rings. The number of likely N-dealkylation sites (tertiary alicyclic amines) is 1. The van der Waals surface area contributed by atoms with Crippen LogP contribution in [0.3, 0.4) is 0 Å². The number of pyridine rings is 1.